The molecule has 0 aliphatic rings. The zero-order valence-corrected chi connectivity index (χ0v) is 16.7. The number of carbonyl (C=O) groups is 1. The predicted molar refractivity (Wildman–Crippen MR) is 110 cm³/mol. The monoisotopic (exact) mass is 456 g/mol. The highest BCUT2D eigenvalue weighted by Gasteiger charge is 2.03. The summed E-state index contributed by atoms with van der Waals surface area (Å²) in [7, 11) is 0. The largest absolute Gasteiger partial charge is 0.469 e. The molecule has 2 aromatic rings. The fourth-order valence-corrected chi connectivity index (χ4v) is 2.10. The van der Waals surface area contributed by atoms with Crippen LogP contribution >= 0.6 is 24.0 Å². The number of hydrogen-bond acceptors (Lipinski definition) is 3. The zero-order chi connectivity index (χ0) is 17.0. The topological polar surface area (TPSA) is 78.7 Å². The van der Waals surface area contributed by atoms with Gasteiger partial charge in [0, 0.05) is 26.1 Å². The van der Waals surface area contributed by atoms with Gasteiger partial charge in [-0.05, 0) is 24.6 Å². The standard InChI is InChI=1S/C18H24N4O2.HI/c1-2-19-18(20-11-10-16-9-6-12-24-16)22-14-17(23)21-13-15-7-4-3-5-8-15;/h3-9,12H,2,10-11,13-14H2,1H3,(H,21,23)(H2,19,20,22);1H. The third kappa shape index (κ3) is 8.57. The molecule has 0 aliphatic heterocycles. The minimum absolute atomic E-state index is 0. The van der Waals surface area contributed by atoms with Gasteiger partial charge in [-0.1, -0.05) is 30.3 Å². The molecule has 3 N–H and O–H groups in total. The van der Waals surface area contributed by atoms with Crippen molar-refractivity contribution < 1.29 is 9.21 Å². The van der Waals surface area contributed by atoms with Gasteiger partial charge in [0.2, 0.25) is 5.91 Å². The highest BCUT2D eigenvalue weighted by molar-refractivity contribution is 14.0. The van der Waals surface area contributed by atoms with Crippen molar-refractivity contribution in [2.24, 2.45) is 4.99 Å². The minimum atomic E-state index is -0.109. The second kappa shape index (κ2) is 12.3. The van der Waals surface area contributed by atoms with Crippen LogP contribution in [0.2, 0.25) is 0 Å². The minimum Gasteiger partial charge on any atom is -0.469 e. The zero-order valence-electron chi connectivity index (χ0n) is 14.3. The van der Waals surface area contributed by atoms with Crippen molar-refractivity contribution in [3.8, 4) is 0 Å². The fraction of sp³-hybridized carbons (Fsp3) is 0.333. The molecule has 1 amide bonds. The SMILES string of the molecule is CCNC(=NCC(=O)NCc1ccccc1)NCCc1ccco1.I. The summed E-state index contributed by atoms with van der Waals surface area (Å²) >= 11 is 0. The maximum Gasteiger partial charge on any atom is 0.242 e. The molecule has 0 aliphatic carbocycles. The van der Waals surface area contributed by atoms with Gasteiger partial charge in [0.25, 0.3) is 0 Å². The molecule has 0 saturated carbocycles. The number of amides is 1. The molecule has 7 heteroatoms. The number of hydrogen-bond donors (Lipinski definition) is 3. The van der Waals surface area contributed by atoms with Crippen LogP contribution in [0.4, 0.5) is 0 Å². The van der Waals surface area contributed by atoms with E-state index in [0.29, 0.717) is 19.0 Å². The lowest BCUT2D eigenvalue weighted by Crippen LogP contribution is -2.39. The lowest BCUT2D eigenvalue weighted by Gasteiger charge is -2.10. The average Bonchev–Trinajstić information content (AvgIpc) is 3.12. The van der Waals surface area contributed by atoms with E-state index in [1.165, 1.54) is 0 Å². The molecule has 6 nitrogen and oxygen atoms in total. The van der Waals surface area contributed by atoms with Gasteiger partial charge in [-0.25, -0.2) is 4.99 Å². The molecule has 0 saturated heterocycles. The lowest BCUT2D eigenvalue weighted by molar-refractivity contribution is -0.119. The van der Waals surface area contributed by atoms with Crippen molar-refractivity contribution in [1.29, 1.82) is 0 Å². The third-order valence-corrected chi connectivity index (χ3v) is 3.30. The molecule has 0 bridgehead atoms. The average molecular weight is 456 g/mol. The van der Waals surface area contributed by atoms with Gasteiger partial charge in [0.15, 0.2) is 5.96 Å². The fourth-order valence-electron chi connectivity index (χ4n) is 2.10. The molecule has 0 unspecified atom stereocenters. The number of halogens is 1. The molecule has 2 rings (SSSR count). The predicted octanol–water partition coefficient (Wildman–Crippen LogP) is 2.31. The van der Waals surface area contributed by atoms with Crippen LogP contribution in [0.25, 0.3) is 0 Å². The highest BCUT2D eigenvalue weighted by atomic mass is 127. The van der Waals surface area contributed by atoms with E-state index >= 15 is 0 Å². The second-order valence-electron chi connectivity index (χ2n) is 5.21. The quantitative estimate of drug-likeness (QED) is 0.324. The van der Waals surface area contributed by atoms with Gasteiger partial charge in [-0.3, -0.25) is 4.79 Å². The van der Waals surface area contributed by atoms with E-state index in [9.17, 15) is 4.79 Å². The van der Waals surface area contributed by atoms with Gasteiger partial charge in [0.05, 0.1) is 6.26 Å². The molecular formula is C18H25IN4O2. The van der Waals surface area contributed by atoms with Gasteiger partial charge < -0.3 is 20.4 Å². The first-order valence-corrected chi connectivity index (χ1v) is 8.13. The maximum atomic E-state index is 11.9. The molecule has 1 heterocycles. The van der Waals surface area contributed by atoms with E-state index in [0.717, 1.165) is 24.3 Å². The molecule has 0 atom stereocenters. The first-order chi connectivity index (χ1) is 11.8. The van der Waals surface area contributed by atoms with Crippen LogP contribution in [0.3, 0.4) is 0 Å². The number of carbonyl (C=O) groups excluding carboxylic acids is 1. The Balaban J connectivity index is 0.00000312. The first kappa shape index (κ1) is 21.0. The van der Waals surface area contributed by atoms with Gasteiger partial charge in [-0.2, -0.15) is 0 Å². The number of benzene rings is 1. The Morgan fingerprint density at radius 1 is 1.08 bits per heavy atom. The molecule has 0 radical (unpaired) electrons. The Bertz CT molecular complexity index is 630. The van der Waals surface area contributed by atoms with E-state index in [-0.39, 0.29) is 36.4 Å². The van der Waals surface area contributed by atoms with Crippen LogP contribution in [0.15, 0.2) is 58.1 Å². The van der Waals surface area contributed by atoms with E-state index in [1.807, 2.05) is 49.4 Å². The molecule has 0 spiro atoms. The number of furan rings is 1. The maximum absolute atomic E-state index is 11.9. The highest BCUT2D eigenvalue weighted by Crippen LogP contribution is 1.99. The number of guanidine groups is 1. The molecule has 0 fully saturated rings. The van der Waals surface area contributed by atoms with Crippen molar-refractivity contribution in [2.45, 2.75) is 19.9 Å². The summed E-state index contributed by atoms with van der Waals surface area (Å²) < 4.78 is 5.28. The number of nitrogens with zero attached hydrogens (tertiary/aromatic N) is 1. The van der Waals surface area contributed by atoms with Crippen LogP contribution in [0.1, 0.15) is 18.2 Å². The van der Waals surface area contributed by atoms with Crippen LogP contribution in [0, 0.1) is 0 Å². The Morgan fingerprint density at radius 3 is 2.56 bits per heavy atom. The van der Waals surface area contributed by atoms with Gasteiger partial charge in [-0.15, -0.1) is 24.0 Å². The number of rotatable bonds is 8. The van der Waals surface area contributed by atoms with Crippen LogP contribution in [0.5, 0.6) is 0 Å². The smallest absolute Gasteiger partial charge is 0.242 e. The van der Waals surface area contributed by atoms with Crippen molar-refractivity contribution in [1.82, 2.24) is 16.0 Å². The van der Waals surface area contributed by atoms with Crippen LogP contribution in [-0.4, -0.2) is 31.5 Å². The second-order valence-corrected chi connectivity index (χ2v) is 5.21. The van der Waals surface area contributed by atoms with E-state index < -0.39 is 0 Å². The Morgan fingerprint density at radius 2 is 1.88 bits per heavy atom. The van der Waals surface area contributed by atoms with Gasteiger partial charge >= 0.3 is 0 Å². The Labute approximate surface area is 165 Å². The van der Waals surface area contributed by atoms with Crippen molar-refractivity contribution in [3.05, 3.63) is 60.1 Å². The molecule has 25 heavy (non-hydrogen) atoms. The van der Waals surface area contributed by atoms with Crippen molar-refractivity contribution in [3.63, 3.8) is 0 Å². The van der Waals surface area contributed by atoms with Gasteiger partial charge in [0.1, 0.15) is 12.3 Å². The molecular weight excluding hydrogens is 431 g/mol. The Kier molecular flexibility index (Phi) is 10.4. The van der Waals surface area contributed by atoms with E-state index in [1.54, 1.807) is 6.26 Å². The van der Waals surface area contributed by atoms with E-state index in [2.05, 4.69) is 20.9 Å². The lowest BCUT2D eigenvalue weighted by atomic mass is 10.2. The summed E-state index contributed by atoms with van der Waals surface area (Å²) in [6.45, 7) is 4.00. The number of nitrogens with one attached hydrogen (secondary N) is 3. The summed E-state index contributed by atoms with van der Waals surface area (Å²) in [5.41, 5.74) is 1.07. The van der Waals surface area contributed by atoms with Crippen LogP contribution in [-0.2, 0) is 17.8 Å². The molecule has 1 aromatic carbocycles. The summed E-state index contributed by atoms with van der Waals surface area (Å²) in [5, 5.41) is 9.17. The van der Waals surface area contributed by atoms with Crippen molar-refractivity contribution in [2.75, 3.05) is 19.6 Å². The summed E-state index contributed by atoms with van der Waals surface area (Å²) in [6, 6.07) is 13.6. The molecule has 136 valence electrons. The van der Waals surface area contributed by atoms with E-state index in [4.69, 9.17) is 4.42 Å². The summed E-state index contributed by atoms with van der Waals surface area (Å²) in [6.07, 6.45) is 2.42. The van der Waals surface area contributed by atoms with Crippen molar-refractivity contribution >= 4 is 35.8 Å². The summed E-state index contributed by atoms with van der Waals surface area (Å²) in [5.74, 6) is 1.43. The molecule has 1 aromatic heterocycles. The Hall–Kier alpha value is -2.03. The normalized spacial score (nSPS) is 10.7. The third-order valence-electron chi connectivity index (χ3n) is 3.30. The number of aliphatic imine (C=N–C) groups is 1. The van der Waals surface area contributed by atoms with Crippen LogP contribution < -0.4 is 16.0 Å². The summed E-state index contributed by atoms with van der Waals surface area (Å²) in [4.78, 5) is 16.2. The first-order valence-electron chi connectivity index (χ1n) is 8.13.